The molecule has 0 spiro atoms. The Hall–Kier alpha value is -1.12. The number of aryl methyl sites for hydroxylation is 2. The van der Waals surface area contributed by atoms with E-state index in [1.54, 1.807) is 0 Å². The van der Waals surface area contributed by atoms with E-state index >= 15 is 0 Å². The van der Waals surface area contributed by atoms with E-state index in [0.29, 0.717) is 0 Å². The third-order valence-corrected chi connectivity index (χ3v) is 4.07. The van der Waals surface area contributed by atoms with Crippen molar-refractivity contribution in [1.29, 1.82) is 0 Å². The van der Waals surface area contributed by atoms with Crippen LogP contribution in [0.3, 0.4) is 0 Å². The Morgan fingerprint density at radius 3 is 2.16 bits per heavy atom. The van der Waals surface area contributed by atoms with Crippen LogP contribution in [0.4, 0.5) is 0 Å². The number of aliphatic hydroxyl groups is 1. The summed E-state index contributed by atoms with van der Waals surface area (Å²) >= 11 is 0. The molecule has 0 aliphatic carbocycles. The Balaban J connectivity index is 3.16. The summed E-state index contributed by atoms with van der Waals surface area (Å²) < 4.78 is 0. The van der Waals surface area contributed by atoms with Gasteiger partial charge in [0.25, 0.3) is 0 Å². The predicted octanol–water partition coefficient (Wildman–Crippen LogP) is 3.51. The van der Waals surface area contributed by atoms with Crippen LogP contribution in [0.2, 0.25) is 0 Å². The highest BCUT2D eigenvalue weighted by atomic mass is 16.3. The monoisotopic (exact) mass is 261 g/mol. The Morgan fingerprint density at radius 2 is 1.74 bits per heavy atom. The van der Waals surface area contributed by atoms with Crippen molar-refractivity contribution < 1.29 is 5.11 Å². The molecule has 2 unspecified atom stereocenters. The quantitative estimate of drug-likeness (QED) is 0.768. The molecule has 1 rings (SSSR count). The Labute approximate surface area is 117 Å². The van der Waals surface area contributed by atoms with Gasteiger partial charge in [-0.3, -0.25) is 0 Å². The van der Waals surface area contributed by atoms with Gasteiger partial charge in [-0.2, -0.15) is 0 Å². The summed E-state index contributed by atoms with van der Waals surface area (Å²) in [6.45, 7) is 14.9. The maximum Gasteiger partial charge on any atom is 0.0948 e. The van der Waals surface area contributed by atoms with Crippen LogP contribution in [-0.2, 0) is 0 Å². The summed E-state index contributed by atoms with van der Waals surface area (Å²) in [6.07, 6.45) is 2.25. The highest BCUT2D eigenvalue weighted by Crippen LogP contribution is 2.30. The third kappa shape index (κ3) is 3.46. The minimum absolute atomic E-state index is 0.0663. The molecule has 1 aromatic carbocycles. The molecule has 1 aromatic rings. The normalized spacial score (nSPS) is 14.2. The van der Waals surface area contributed by atoms with Crippen molar-refractivity contribution >= 4 is 0 Å². The molecule has 2 N–H and O–H groups in total. The van der Waals surface area contributed by atoms with Crippen LogP contribution in [0.15, 0.2) is 18.7 Å². The second-order valence-corrected chi connectivity index (χ2v) is 5.33. The number of hydrogen-bond acceptors (Lipinski definition) is 2. The van der Waals surface area contributed by atoms with Gasteiger partial charge in [-0.1, -0.05) is 19.1 Å². The largest absolute Gasteiger partial charge is 0.387 e. The summed E-state index contributed by atoms with van der Waals surface area (Å²) in [5, 5.41) is 14.1. The molecule has 0 fully saturated rings. The molecule has 0 amide bonds. The molecule has 0 aliphatic heterocycles. The van der Waals surface area contributed by atoms with Crippen molar-refractivity contribution in [2.45, 2.75) is 53.2 Å². The van der Waals surface area contributed by atoms with Gasteiger partial charge < -0.3 is 10.4 Å². The molecule has 0 aromatic heterocycles. The van der Waals surface area contributed by atoms with Crippen molar-refractivity contribution in [1.82, 2.24) is 5.32 Å². The average molecular weight is 261 g/mol. The number of rotatable bonds is 6. The van der Waals surface area contributed by atoms with Gasteiger partial charge in [0, 0.05) is 12.6 Å². The van der Waals surface area contributed by atoms with Crippen LogP contribution in [0, 0.1) is 27.7 Å². The Morgan fingerprint density at radius 1 is 1.21 bits per heavy atom. The average Bonchev–Trinajstić information content (AvgIpc) is 2.37. The van der Waals surface area contributed by atoms with Gasteiger partial charge in [0.15, 0.2) is 0 Å². The van der Waals surface area contributed by atoms with Crippen LogP contribution >= 0.6 is 0 Å². The van der Waals surface area contributed by atoms with E-state index in [1.807, 2.05) is 6.08 Å². The van der Waals surface area contributed by atoms with Crippen molar-refractivity contribution in [3.63, 3.8) is 0 Å². The first kappa shape index (κ1) is 15.9. The van der Waals surface area contributed by atoms with Gasteiger partial charge in [0.2, 0.25) is 0 Å². The van der Waals surface area contributed by atoms with E-state index in [9.17, 15) is 5.11 Å². The first-order valence-electron chi connectivity index (χ1n) is 7.03. The number of nitrogens with one attached hydrogen (secondary N) is 1. The molecule has 0 saturated carbocycles. The number of aliphatic hydroxyl groups excluding tert-OH is 1. The molecule has 2 nitrogen and oxygen atoms in total. The van der Waals surface area contributed by atoms with E-state index < -0.39 is 6.10 Å². The van der Waals surface area contributed by atoms with E-state index in [1.165, 1.54) is 22.3 Å². The van der Waals surface area contributed by atoms with Crippen molar-refractivity contribution in [3.05, 3.63) is 46.5 Å². The molecule has 0 radical (unpaired) electrons. The highest BCUT2D eigenvalue weighted by Gasteiger charge is 2.23. The fourth-order valence-corrected chi connectivity index (χ4v) is 2.61. The van der Waals surface area contributed by atoms with Crippen LogP contribution in [0.1, 0.15) is 47.3 Å². The summed E-state index contributed by atoms with van der Waals surface area (Å²) in [5.74, 6) is 0. The third-order valence-electron chi connectivity index (χ3n) is 4.07. The van der Waals surface area contributed by atoms with E-state index in [2.05, 4.69) is 52.6 Å². The SMILES string of the molecule is C=CCNC(CC)C(O)c1c(C)c(C)cc(C)c1C. The first-order chi connectivity index (χ1) is 8.93. The fourth-order valence-electron chi connectivity index (χ4n) is 2.61. The molecular formula is C17H27NO. The lowest BCUT2D eigenvalue weighted by molar-refractivity contribution is 0.126. The smallest absolute Gasteiger partial charge is 0.0948 e. The lowest BCUT2D eigenvalue weighted by atomic mass is 9.87. The minimum atomic E-state index is -0.469. The lowest BCUT2D eigenvalue weighted by Gasteiger charge is -2.27. The fraction of sp³-hybridized carbons (Fsp3) is 0.529. The van der Waals surface area contributed by atoms with E-state index in [4.69, 9.17) is 0 Å². The number of benzene rings is 1. The van der Waals surface area contributed by atoms with Crippen LogP contribution in [0.5, 0.6) is 0 Å². The molecule has 0 bridgehead atoms. The molecule has 2 heteroatoms. The van der Waals surface area contributed by atoms with Gasteiger partial charge >= 0.3 is 0 Å². The molecule has 0 heterocycles. The van der Waals surface area contributed by atoms with Gasteiger partial charge in [0.05, 0.1) is 6.10 Å². The van der Waals surface area contributed by atoms with Crippen molar-refractivity contribution in [2.75, 3.05) is 6.54 Å². The molecule has 106 valence electrons. The maximum absolute atomic E-state index is 10.7. The van der Waals surface area contributed by atoms with Gasteiger partial charge in [-0.15, -0.1) is 6.58 Å². The van der Waals surface area contributed by atoms with Crippen LogP contribution in [0.25, 0.3) is 0 Å². The van der Waals surface area contributed by atoms with E-state index in [0.717, 1.165) is 18.5 Å². The van der Waals surface area contributed by atoms with Crippen molar-refractivity contribution in [2.24, 2.45) is 0 Å². The zero-order valence-corrected chi connectivity index (χ0v) is 12.9. The zero-order valence-electron chi connectivity index (χ0n) is 12.9. The molecule has 19 heavy (non-hydrogen) atoms. The zero-order chi connectivity index (χ0) is 14.6. The van der Waals surface area contributed by atoms with Gasteiger partial charge in [-0.05, 0) is 61.9 Å². The molecule has 0 aliphatic rings. The lowest BCUT2D eigenvalue weighted by Crippen LogP contribution is -2.35. The van der Waals surface area contributed by atoms with Crippen LogP contribution in [-0.4, -0.2) is 17.7 Å². The molecular weight excluding hydrogens is 234 g/mol. The maximum atomic E-state index is 10.7. The summed E-state index contributed by atoms with van der Waals surface area (Å²) in [7, 11) is 0. The highest BCUT2D eigenvalue weighted by molar-refractivity contribution is 5.45. The van der Waals surface area contributed by atoms with Crippen LogP contribution < -0.4 is 5.32 Å². The second kappa shape index (κ2) is 6.88. The van der Waals surface area contributed by atoms with Gasteiger partial charge in [0.1, 0.15) is 0 Å². The van der Waals surface area contributed by atoms with Crippen molar-refractivity contribution in [3.8, 4) is 0 Å². The topological polar surface area (TPSA) is 32.3 Å². The standard InChI is InChI=1S/C17H27NO/c1-7-9-18-15(8-2)17(19)16-13(5)11(3)10-12(4)14(16)6/h7,10,15,17-19H,1,8-9H2,2-6H3. The summed E-state index contributed by atoms with van der Waals surface area (Å²) in [4.78, 5) is 0. The summed E-state index contributed by atoms with van der Waals surface area (Å²) in [5.41, 5.74) is 5.98. The Bertz CT molecular complexity index is 425. The molecule has 0 saturated heterocycles. The Kier molecular flexibility index (Phi) is 5.77. The number of hydrogen-bond donors (Lipinski definition) is 2. The molecule has 2 atom stereocenters. The summed E-state index contributed by atoms with van der Waals surface area (Å²) in [6, 6.07) is 2.26. The first-order valence-corrected chi connectivity index (χ1v) is 7.03. The van der Waals surface area contributed by atoms with E-state index in [-0.39, 0.29) is 6.04 Å². The second-order valence-electron chi connectivity index (χ2n) is 5.33. The van der Waals surface area contributed by atoms with Gasteiger partial charge in [-0.25, -0.2) is 0 Å². The predicted molar refractivity (Wildman–Crippen MR) is 82.6 cm³/mol. The minimum Gasteiger partial charge on any atom is -0.387 e.